The van der Waals surface area contributed by atoms with Crippen molar-refractivity contribution < 1.29 is 22.7 Å². The Balaban J connectivity index is 2.36. The molecule has 1 saturated heterocycles. The number of sulfonamides is 1. The van der Waals surface area contributed by atoms with E-state index in [2.05, 4.69) is 10.6 Å². The Hall–Kier alpha value is -2.17. The van der Waals surface area contributed by atoms with Gasteiger partial charge in [-0.15, -0.1) is 0 Å². The van der Waals surface area contributed by atoms with Crippen molar-refractivity contribution in [3.05, 3.63) is 23.8 Å². The number of morpholine rings is 1. The monoisotopic (exact) mass is 426 g/mol. The Labute approximate surface area is 172 Å². The van der Waals surface area contributed by atoms with Gasteiger partial charge >= 0.3 is 0 Å². The number of ether oxygens (including phenoxy) is 1. The average molecular weight is 427 g/mol. The number of benzene rings is 1. The summed E-state index contributed by atoms with van der Waals surface area (Å²) in [5.41, 5.74) is 0.828. The molecule has 0 spiro atoms. The molecule has 1 aliphatic heterocycles. The highest BCUT2D eigenvalue weighted by molar-refractivity contribution is 7.89. The predicted molar refractivity (Wildman–Crippen MR) is 111 cm³/mol. The smallest absolute Gasteiger partial charge is 0.254 e. The third-order valence-corrected chi connectivity index (χ3v) is 6.44. The van der Waals surface area contributed by atoms with E-state index in [1.165, 1.54) is 26.2 Å². The fourth-order valence-electron chi connectivity index (χ4n) is 2.89. The third kappa shape index (κ3) is 5.68. The molecule has 0 unspecified atom stereocenters. The standard InChI is InChI=1S/C19H30N4O5S/c1-5-8-20-18(24)14(2)21-19(25)16-13-15(29(26,27)22(3)4)6-7-17(16)23-9-11-28-12-10-23/h6-7,13-14H,5,8-12H2,1-4H3,(H,20,24)(H,21,25)/t14-/m0/s1. The second-order valence-electron chi connectivity index (χ2n) is 7.05. The number of amides is 2. The fraction of sp³-hybridized carbons (Fsp3) is 0.579. The molecule has 162 valence electrons. The normalized spacial score (nSPS) is 15.8. The summed E-state index contributed by atoms with van der Waals surface area (Å²) in [6.07, 6.45) is 0.790. The number of hydrogen-bond acceptors (Lipinski definition) is 6. The molecule has 1 aromatic rings. The van der Waals surface area contributed by atoms with Crippen molar-refractivity contribution in [1.82, 2.24) is 14.9 Å². The first-order valence-electron chi connectivity index (χ1n) is 9.66. The van der Waals surface area contributed by atoms with E-state index >= 15 is 0 Å². The largest absolute Gasteiger partial charge is 0.378 e. The predicted octanol–water partition coefficient (Wildman–Crippen LogP) is 0.418. The molecule has 2 rings (SSSR count). The lowest BCUT2D eigenvalue weighted by molar-refractivity contribution is -0.122. The molecule has 29 heavy (non-hydrogen) atoms. The van der Waals surface area contributed by atoms with Crippen molar-refractivity contribution in [3.8, 4) is 0 Å². The van der Waals surface area contributed by atoms with Crippen LogP contribution in [0.25, 0.3) is 0 Å². The van der Waals surface area contributed by atoms with Gasteiger partial charge < -0.3 is 20.3 Å². The van der Waals surface area contributed by atoms with Gasteiger partial charge in [-0.3, -0.25) is 9.59 Å². The summed E-state index contributed by atoms with van der Waals surface area (Å²) in [4.78, 5) is 27.1. The summed E-state index contributed by atoms with van der Waals surface area (Å²) in [5.74, 6) is -0.786. The van der Waals surface area contributed by atoms with Crippen molar-refractivity contribution in [2.75, 3.05) is 51.8 Å². The Morgan fingerprint density at radius 1 is 1.24 bits per heavy atom. The Morgan fingerprint density at radius 2 is 1.90 bits per heavy atom. The van der Waals surface area contributed by atoms with Gasteiger partial charge in [-0.1, -0.05) is 6.92 Å². The molecule has 0 aliphatic carbocycles. The summed E-state index contributed by atoms with van der Waals surface area (Å²) in [6, 6.07) is 3.75. The van der Waals surface area contributed by atoms with Crippen LogP contribution in [0.3, 0.4) is 0 Å². The lowest BCUT2D eigenvalue weighted by Crippen LogP contribution is -2.45. The van der Waals surface area contributed by atoms with E-state index < -0.39 is 22.0 Å². The zero-order chi connectivity index (χ0) is 21.6. The van der Waals surface area contributed by atoms with Gasteiger partial charge in [0, 0.05) is 39.4 Å². The number of nitrogens with one attached hydrogen (secondary N) is 2. The molecule has 1 atom stereocenters. The molecule has 0 bridgehead atoms. The van der Waals surface area contributed by atoms with Crippen LogP contribution in [0, 0.1) is 0 Å². The van der Waals surface area contributed by atoms with Gasteiger partial charge in [0.05, 0.1) is 23.7 Å². The van der Waals surface area contributed by atoms with Crippen LogP contribution in [-0.4, -0.2) is 77.5 Å². The fourth-order valence-corrected chi connectivity index (χ4v) is 3.82. The van der Waals surface area contributed by atoms with Gasteiger partial charge in [0.15, 0.2) is 0 Å². The first-order valence-corrected chi connectivity index (χ1v) is 11.1. The van der Waals surface area contributed by atoms with E-state index in [0.717, 1.165) is 10.7 Å². The quantitative estimate of drug-likeness (QED) is 0.624. The van der Waals surface area contributed by atoms with E-state index in [1.54, 1.807) is 13.0 Å². The van der Waals surface area contributed by atoms with Gasteiger partial charge in [0.1, 0.15) is 6.04 Å². The topological polar surface area (TPSA) is 108 Å². The van der Waals surface area contributed by atoms with Crippen molar-refractivity contribution >= 4 is 27.5 Å². The van der Waals surface area contributed by atoms with Crippen molar-refractivity contribution in [2.45, 2.75) is 31.2 Å². The minimum absolute atomic E-state index is 0.0211. The number of nitrogens with zero attached hydrogens (tertiary/aromatic N) is 2. The molecule has 0 radical (unpaired) electrons. The van der Waals surface area contributed by atoms with E-state index in [9.17, 15) is 18.0 Å². The SMILES string of the molecule is CCCNC(=O)[C@H](C)NC(=O)c1cc(S(=O)(=O)N(C)C)ccc1N1CCOCC1. The van der Waals surface area contributed by atoms with Crippen molar-refractivity contribution in [1.29, 1.82) is 0 Å². The number of anilines is 1. The summed E-state index contributed by atoms with van der Waals surface area (Å²) >= 11 is 0. The molecule has 1 fully saturated rings. The maximum absolute atomic E-state index is 13.0. The van der Waals surface area contributed by atoms with Crippen LogP contribution in [0.2, 0.25) is 0 Å². The molecule has 1 heterocycles. The molecule has 10 heteroatoms. The molecule has 9 nitrogen and oxygen atoms in total. The summed E-state index contributed by atoms with van der Waals surface area (Å²) < 4.78 is 31.5. The number of carbonyl (C=O) groups is 2. The van der Waals surface area contributed by atoms with E-state index in [0.29, 0.717) is 38.5 Å². The Kier molecular flexibility index (Phi) is 8.00. The van der Waals surface area contributed by atoms with E-state index in [1.807, 2.05) is 11.8 Å². The Bertz CT molecular complexity index is 835. The molecular formula is C19H30N4O5S. The van der Waals surface area contributed by atoms with Gasteiger partial charge in [-0.25, -0.2) is 12.7 Å². The molecule has 2 amide bonds. The van der Waals surface area contributed by atoms with Crippen molar-refractivity contribution in [3.63, 3.8) is 0 Å². The number of rotatable bonds is 8. The van der Waals surface area contributed by atoms with Crippen LogP contribution in [0.5, 0.6) is 0 Å². The summed E-state index contributed by atoms with van der Waals surface area (Å²) in [6.45, 7) is 6.28. The van der Waals surface area contributed by atoms with E-state index in [-0.39, 0.29) is 16.4 Å². The second-order valence-corrected chi connectivity index (χ2v) is 9.20. The van der Waals surface area contributed by atoms with Gasteiger partial charge in [-0.2, -0.15) is 0 Å². The van der Waals surface area contributed by atoms with Crippen LogP contribution in [-0.2, 0) is 19.6 Å². The second kappa shape index (κ2) is 10.0. The third-order valence-electron chi connectivity index (χ3n) is 4.63. The highest BCUT2D eigenvalue weighted by Crippen LogP contribution is 2.26. The highest BCUT2D eigenvalue weighted by atomic mass is 32.2. The number of carbonyl (C=O) groups excluding carboxylic acids is 2. The zero-order valence-corrected chi connectivity index (χ0v) is 18.2. The average Bonchev–Trinajstić information content (AvgIpc) is 2.71. The summed E-state index contributed by atoms with van der Waals surface area (Å²) in [5, 5.41) is 5.41. The van der Waals surface area contributed by atoms with Crippen LogP contribution < -0.4 is 15.5 Å². The molecule has 2 N–H and O–H groups in total. The van der Waals surface area contributed by atoms with Crippen LogP contribution in [0.1, 0.15) is 30.6 Å². The van der Waals surface area contributed by atoms with Crippen LogP contribution >= 0.6 is 0 Å². The van der Waals surface area contributed by atoms with Crippen LogP contribution in [0.15, 0.2) is 23.1 Å². The number of hydrogen-bond donors (Lipinski definition) is 2. The summed E-state index contributed by atoms with van der Waals surface area (Å²) in [7, 11) is -0.835. The maximum Gasteiger partial charge on any atom is 0.254 e. The molecule has 0 aromatic heterocycles. The molecule has 1 aliphatic rings. The first kappa shape index (κ1) is 23.1. The lowest BCUT2D eigenvalue weighted by Gasteiger charge is -2.31. The first-order chi connectivity index (χ1) is 13.7. The van der Waals surface area contributed by atoms with E-state index in [4.69, 9.17) is 4.74 Å². The van der Waals surface area contributed by atoms with Crippen LogP contribution in [0.4, 0.5) is 5.69 Å². The van der Waals surface area contributed by atoms with Crippen molar-refractivity contribution in [2.24, 2.45) is 0 Å². The lowest BCUT2D eigenvalue weighted by atomic mass is 10.1. The minimum atomic E-state index is -3.71. The van der Waals surface area contributed by atoms with Gasteiger partial charge in [-0.05, 0) is 31.5 Å². The Morgan fingerprint density at radius 3 is 2.48 bits per heavy atom. The van der Waals surface area contributed by atoms with Gasteiger partial charge in [0.25, 0.3) is 5.91 Å². The highest BCUT2D eigenvalue weighted by Gasteiger charge is 2.25. The van der Waals surface area contributed by atoms with Gasteiger partial charge in [0.2, 0.25) is 15.9 Å². The molecule has 1 aromatic carbocycles. The molecule has 0 saturated carbocycles. The maximum atomic E-state index is 13.0. The zero-order valence-electron chi connectivity index (χ0n) is 17.4. The minimum Gasteiger partial charge on any atom is -0.378 e. The molecular weight excluding hydrogens is 396 g/mol.